The summed E-state index contributed by atoms with van der Waals surface area (Å²) in [6.45, 7) is 2.56. The number of pyridine rings is 1. The highest BCUT2D eigenvalue weighted by molar-refractivity contribution is 6.29. The van der Waals surface area contributed by atoms with Crippen LogP contribution in [0.25, 0.3) is 0 Å². The Bertz CT molecular complexity index is 442. The van der Waals surface area contributed by atoms with Crippen LogP contribution >= 0.6 is 11.6 Å². The van der Waals surface area contributed by atoms with Gasteiger partial charge in [0.25, 0.3) is 0 Å². The van der Waals surface area contributed by atoms with Gasteiger partial charge in [0, 0.05) is 12.6 Å². The van der Waals surface area contributed by atoms with Crippen molar-refractivity contribution < 1.29 is 13.2 Å². The average Bonchev–Trinajstić information content (AvgIpc) is 2.82. The fraction of sp³-hybridized carbons (Fsp3) is 0.615. The van der Waals surface area contributed by atoms with Crippen LogP contribution in [0.3, 0.4) is 0 Å². The Balaban J connectivity index is 2.34. The Labute approximate surface area is 115 Å². The number of rotatable bonds is 3. The standard InChI is InChI=1S/C13H16ClF3N2/c1-2-19(10-5-3-4-6-10)12-8-9(13(15,16)17)7-11(14)18-12/h7-8,10H,2-6H2,1H3. The molecule has 1 heterocycles. The topological polar surface area (TPSA) is 16.1 Å². The summed E-state index contributed by atoms with van der Waals surface area (Å²) in [7, 11) is 0. The molecule has 1 aliphatic carbocycles. The number of aromatic nitrogens is 1. The van der Waals surface area contributed by atoms with Gasteiger partial charge in [0.1, 0.15) is 11.0 Å². The SMILES string of the molecule is CCN(c1cc(C(F)(F)F)cc(Cl)n1)C1CCCC1. The highest BCUT2D eigenvalue weighted by Gasteiger charge is 2.33. The van der Waals surface area contributed by atoms with E-state index in [1.807, 2.05) is 11.8 Å². The number of hydrogen-bond acceptors (Lipinski definition) is 2. The number of alkyl halides is 3. The van der Waals surface area contributed by atoms with Crippen LogP contribution in [0.2, 0.25) is 5.15 Å². The molecular formula is C13H16ClF3N2. The van der Waals surface area contributed by atoms with Gasteiger partial charge in [-0.05, 0) is 31.9 Å². The monoisotopic (exact) mass is 292 g/mol. The normalized spacial score (nSPS) is 16.9. The van der Waals surface area contributed by atoms with Crippen LogP contribution in [0.15, 0.2) is 12.1 Å². The van der Waals surface area contributed by atoms with E-state index in [9.17, 15) is 13.2 Å². The molecule has 0 spiro atoms. The van der Waals surface area contributed by atoms with Gasteiger partial charge in [0.05, 0.1) is 5.56 Å². The zero-order chi connectivity index (χ0) is 14.0. The van der Waals surface area contributed by atoms with E-state index in [1.165, 1.54) is 0 Å². The van der Waals surface area contributed by atoms with Crippen molar-refractivity contribution in [1.82, 2.24) is 4.98 Å². The Morgan fingerprint density at radius 2 is 1.95 bits per heavy atom. The van der Waals surface area contributed by atoms with Crippen molar-refractivity contribution in [3.63, 3.8) is 0 Å². The molecule has 0 amide bonds. The van der Waals surface area contributed by atoms with Crippen molar-refractivity contribution in [2.75, 3.05) is 11.4 Å². The number of anilines is 1. The van der Waals surface area contributed by atoms with E-state index >= 15 is 0 Å². The highest BCUT2D eigenvalue weighted by Crippen LogP contribution is 2.34. The smallest absolute Gasteiger partial charge is 0.354 e. The van der Waals surface area contributed by atoms with Crippen molar-refractivity contribution in [1.29, 1.82) is 0 Å². The summed E-state index contributed by atoms with van der Waals surface area (Å²) in [5.41, 5.74) is -0.737. The summed E-state index contributed by atoms with van der Waals surface area (Å²) in [4.78, 5) is 5.98. The quantitative estimate of drug-likeness (QED) is 0.761. The van der Waals surface area contributed by atoms with Gasteiger partial charge in [-0.2, -0.15) is 13.2 Å². The van der Waals surface area contributed by atoms with Gasteiger partial charge in [-0.3, -0.25) is 0 Å². The summed E-state index contributed by atoms with van der Waals surface area (Å²) >= 11 is 5.73. The predicted octanol–water partition coefficient (Wildman–Crippen LogP) is 4.52. The minimum Gasteiger partial charge on any atom is -0.354 e. The van der Waals surface area contributed by atoms with Crippen LogP contribution in [0.1, 0.15) is 38.2 Å². The number of hydrogen-bond donors (Lipinski definition) is 0. The molecule has 6 heteroatoms. The Morgan fingerprint density at radius 1 is 1.32 bits per heavy atom. The van der Waals surface area contributed by atoms with Gasteiger partial charge in [-0.15, -0.1) is 0 Å². The van der Waals surface area contributed by atoms with Gasteiger partial charge >= 0.3 is 6.18 Å². The molecule has 0 aliphatic heterocycles. The fourth-order valence-corrected chi connectivity index (χ4v) is 2.82. The van der Waals surface area contributed by atoms with Gasteiger partial charge in [0.2, 0.25) is 0 Å². The van der Waals surface area contributed by atoms with Gasteiger partial charge in [-0.1, -0.05) is 24.4 Å². The van der Waals surface area contributed by atoms with Crippen molar-refractivity contribution in [2.24, 2.45) is 0 Å². The molecule has 1 aromatic heterocycles. The molecule has 106 valence electrons. The van der Waals surface area contributed by atoms with Crippen molar-refractivity contribution in [2.45, 2.75) is 44.8 Å². The largest absolute Gasteiger partial charge is 0.416 e. The van der Waals surface area contributed by atoms with Crippen LogP contribution < -0.4 is 4.90 Å². The minimum atomic E-state index is -4.39. The van der Waals surface area contributed by atoms with Crippen LogP contribution in [0.4, 0.5) is 19.0 Å². The third kappa shape index (κ3) is 3.32. The molecule has 0 bridgehead atoms. The summed E-state index contributed by atoms with van der Waals surface area (Å²) < 4.78 is 38.4. The summed E-state index contributed by atoms with van der Waals surface area (Å²) in [5.74, 6) is 0.328. The molecule has 2 rings (SSSR count). The maximum atomic E-state index is 12.8. The third-order valence-corrected chi connectivity index (χ3v) is 3.70. The van der Waals surface area contributed by atoms with Gasteiger partial charge < -0.3 is 4.90 Å². The molecule has 0 saturated heterocycles. The van der Waals surface area contributed by atoms with Crippen molar-refractivity contribution >= 4 is 17.4 Å². The molecule has 0 atom stereocenters. The predicted molar refractivity (Wildman–Crippen MR) is 69.5 cm³/mol. The van der Waals surface area contributed by atoms with Crippen molar-refractivity contribution in [3.8, 4) is 0 Å². The molecule has 1 aliphatic rings. The fourth-order valence-electron chi connectivity index (χ4n) is 2.62. The molecule has 1 aromatic rings. The second kappa shape index (κ2) is 5.57. The summed E-state index contributed by atoms with van der Waals surface area (Å²) in [6.07, 6.45) is -0.148. The van der Waals surface area contributed by atoms with E-state index < -0.39 is 11.7 Å². The Hall–Kier alpha value is -0.970. The van der Waals surface area contributed by atoms with E-state index in [-0.39, 0.29) is 11.2 Å². The van der Waals surface area contributed by atoms with E-state index in [1.54, 1.807) is 0 Å². The molecule has 1 saturated carbocycles. The maximum Gasteiger partial charge on any atom is 0.416 e. The lowest BCUT2D eigenvalue weighted by atomic mass is 10.2. The molecule has 19 heavy (non-hydrogen) atoms. The van der Waals surface area contributed by atoms with Gasteiger partial charge in [0.15, 0.2) is 0 Å². The number of nitrogens with zero attached hydrogens (tertiary/aromatic N) is 2. The lowest BCUT2D eigenvalue weighted by Crippen LogP contribution is -2.33. The van der Waals surface area contributed by atoms with Crippen molar-refractivity contribution in [3.05, 3.63) is 22.8 Å². The highest BCUT2D eigenvalue weighted by atomic mass is 35.5. The second-order valence-corrected chi connectivity index (χ2v) is 5.15. The number of halogens is 4. The lowest BCUT2D eigenvalue weighted by molar-refractivity contribution is -0.137. The van der Waals surface area contributed by atoms with E-state index in [4.69, 9.17) is 11.6 Å². The zero-order valence-electron chi connectivity index (χ0n) is 10.7. The molecule has 0 unspecified atom stereocenters. The van der Waals surface area contributed by atoms with Crippen LogP contribution in [-0.4, -0.2) is 17.6 Å². The third-order valence-electron chi connectivity index (χ3n) is 3.51. The second-order valence-electron chi connectivity index (χ2n) is 4.76. The lowest BCUT2D eigenvalue weighted by Gasteiger charge is -2.29. The zero-order valence-corrected chi connectivity index (χ0v) is 11.4. The van der Waals surface area contributed by atoms with E-state index in [0.29, 0.717) is 12.4 Å². The Morgan fingerprint density at radius 3 is 2.47 bits per heavy atom. The molecule has 0 aromatic carbocycles. The van der Waals surface area contributed by atoms with E-state index in [0.717, 1.165) is 37.8 Å². The summed E-state index contributed by atoms with van der Waals surface area (Å²) in [5, 5.41) is -0.110. The van der Waals surface area contributed by atoms with Crippen LogP contribution in [-0.2, 0) is 6.18 Å². The summed E-state index contributed by atoms with van der Waals surface area (Å²) in [6, 6.07) is 2.23. The molecule has 0 N–H and O–H groups in total. The first-order chi connectivity index (χ1) is 8.91. The molecule has 2 nitrogen and oxygen atoms in total. The molecule has 1 fully saturated rings. The van der Waals surface area contributed by atoms with Crippen LogP contribution in [0, 0.1) is 0 Å². The van der Waals surface area contributed by atoms with Gasteiger partial charge in [-0.25, -0.2) is 4.98 Å². The first kappa shape index (κ1) is 14.4. The minimum absolute atomic E-state index is 0.110. The average molecular weight is 293 g/mol. The first-order valence-corrected chi connectivity index (χ1v) is 6.81. The molecule has 0 radical (unpaired) electrons. The van der Waals surface area contributed by atoms with E-state index in [2.05, 4.69) is 4.98 Å². The van der Waals surface area contributed by atoms with Crippen LogP contribution in [0.5, 0.6) is 0 Å². The Kier molecular flexibility index (Phi) is 4.23. The maximum absolute atomic E-state index is 12.8. The molecular weight excluding hydrogens is 277 g/mol. The first-order valence-electron chi connectivity index (χ1n) is 6.43.